The largest absolute Gasteiger partial charge is 0.370 e. The molecule has 2 aromatic rings. The van der Waals surface area contributed by atoms with E-state index in [-0.39, 0.29) is 17.4 Å². The van der Waals surface area contributed by atoms with Gasteiger partial charge in [0.05, 0.1) is 0 Å². The highest BCUT2D eigenvalue weighted by Gasteiger charge is 2.12. The lowest BCUT2D eigenvalue weighted by Gasteiger charge is -2.24. The Bertz CT molecular complexity index is 792. The van der Waals surface area contributed by atoms with Crippen LogP contribution in [-0.2, 0) is 16.0 Å². The fourth-order valence-electron chi connectivity index (χ4n) is 2.43. The Morgan fingerprint density at radius 2 is 1.63 bits per heavy atom. The number of amides is 2. The maximum absolute atomic E-state index is 12.1. The molecule has 0 heterocycles. The molecule has 0 aliphatic heterocycles. The second-order valence-electron chi connectivity index (χ2n) is 5.98. The highest BCUT2D eigenvalue weighted by atomic mass is 32.1. The van der Waals surface area contributed by atoms with E-state index in [1.165, 1.54) is 6.08 Å². The Kier molecular flexibility index (Phi) is 8.19. The van der Waals surface area contributed by atoms with Gasteiger partial charge in [0, 0.05) is 25.6 Å². The van der Waals surface area contributed by atoms with Gasteiger partial charge >= 0.3 is 0 Å². The average molecular weight is 382 g/mol. The third-order valence-electron chi connectivity index (χ3n) is 3.89. The second kappa shape index (κ2) is 10.9. The topological polar surface area (TPSA) is 75.4 Å². The van der Waals surface area contributed by atoms with Crippen molar-refractivity contribution in [3.05, 3.63) is 77.9 Å². The first-order chi connectivity index (χ1) is 13.0. The summed E-state index contributed by atoms with van der Waals surface area (Å²) in [6.07, 6.45) is 4.07. The zero-order valence-corrected chi connectivity index (χ0v) is 15.8. The van der Waals surface area contributed by atoms with Crippen molar-refractivity contribution in [1.82, 2.24) is 10.2 Å². The van der Waals surface area contributed by atoms with Crippen LogP contribution in [0.1, 0.15) is 17.5 Å². The van der Waals surface area contributed by atoms with Crippen LogP contribution in [0.3, 0.4) is 0 Å². The molecule has 5 nitrogen and oxygen atoms in total. The summed E-state index contributed by atoms with van der Waals surface area (Å²) in [7, 11) is 0. The number of hydrogen-bond donors (Lipinski definition) is 2. The molecule has 0 aliphatic rings. The summed E-state index contributed by atoms with van der Waals surface area (Å²) in [5.41, 5.74) is 7.33. The standard InChI is InChI=1S/C21H23N3O2S/c22-19(25)14-16-24(15-13-18-9-5-2-6-10-18)21(27)23-20(26)12-11-17-7-3-1-4-8-17/h1-12H,13-16H2,(H2,22,25)(H,23,26,27)/b12-11+. The summed E-state index contributed by atoms with van der Waals surface area (Å²) >= 11 is 5.36. The maximum atomic E-state index is 12.1. The van der Waals surface area contributed by atoms with Crippen molar-refractivity contribution < 1.29 is 9.59 Å². The minimum absolute atomic E-state index is 0.171. The second-order valence-corrected chi connectivity index (χ2v) is 6.36. The van der Waals surface area contributed by atoms with E-state index in [4.69, 9.17) is 18.0 Å². The third-order valence-corrected chi connectivity index (χ3v) is 4.25. The molecule has 0 aromatic heterocycles. The molecule has 0 unspecified atom stereocenters. The summed E-state index contributed by atoms with van der Waals surface area (Å²) in [6.45, 7) is 0.947. The van der Waals surface area contributed by atoms with E-state index in [1.54, 1.807) is 11.0 Å². The molecule has 0 aliphatic carbocycles. The van der Waals surface area contributed by atoms with Crippen LogP contribution in [0.25, 0.3) is 6.08 Å². The Balaban J connectivity index is 1.93. The molecule has 27 heavy (non-hydrogen) atoms. The van der Waals surface area contributed by atoms with Gasteiger partial charge in [-0.25, -0.2) is 0 Å². The normalized spacial score (nSPS) is 10.5. The Morgan fingerprint density at radius 1 is 1.00 bits per heavy atom. The molecule has 140 valence electrons. The molecular formula is C21H23N3O2S. The predicted octanol–water partition coefficient (Wildman–Crippen LogP) is 2.52. The van der Waals surface area contributed by atoms with Gasteiger partial charge in [-0.05, 0) is 35.8 Å². The van der Waals surface area contributed by atoms with Crippen LogP contribution >= 0.6 is 12.2 Å². The quantitative estimate of drug-likeness (QED) is 0.544. The lowest BCUT2D eigenvalue weighted by Crippen LogP contribution is -2.44. The number of nitrogens with two attached hydrogens (primary N) is 1. The van der Waals surface area contributed by atoms with E-state index in [0.29, 0.717) is 13.1 Å². The molecule has 0 bridgehead atoms. The number of hydrogen-bond acceptors (Lipinski definition) is 3. The highest BCUT2D eigenvalue weighted by molar-refractivity contribution is 7.80. The van der Waals surface area contributed by atoms with Gasteiger partial charge in [-0.3, -0.25) is 14.9 Å². The van der Waals surface area contributed by atoms with Crippen molar-refractivity contribution in [2.75, 3.05) is 13.1 Å². The van der Waals surface area contributed by atoms with Gasteiger partial charge in [0.15, 0.2) is 5.11 Å². The van der Waals surface area contributed by atoms with Crippen molar-refractivity contribution >= 4 is 35.2 Å². The Morgan fingerprint density at radius 3 is 2.26 bits per heavy atom. The zero-order chi connectivity index (χ0) is 19.5. The zero-order valence-electron chi connectivity index (χ0n) is 15.0. The van der Waals surface area contributed by atoms with Crippen molar-refractivity contribution in [1.29, 1.82) is 0 Å². The Labute approximate surface area is 164 Å². The van der Waals surface area contributed by atoms with Gasteiger partial charge in [-0.2, -0.15) is 0 Å². The van der Waals surface area contributed by atoms with Gasteiger partial charge in [0.25, 0.3) is 0 Å². The molecule has 2 amide bonds. The number of primary amides is 1. The van der Waals surface area contributed by atoms with Crippen LogP contribution in [0.4, 0.5) is 0 Å². The van der Waals surface area contributed by atoms with Gasteiger partial charge in [-0.15, -0.1) is 0 Å². The Hall–Kier alpha value is -2.99. The molecule has 0 radical (unpaired) electrons. The lowest BCUT2D eigenvalue weighted by atomic mass is 10.1. The minimum Gasteiger partial charge on any atom is -0.370 e. The molecule has 0 atom stereocenters. The van der Waals surface area contributed by atoms with Crippen molar-refractivity contribution in [2.24, 2.45) is 5.73 Å². The average Bonchev–Trinajstić information content (AvgIpc) is 2.67. The van der Waals surface area contributed by atoms with Crippen LogP contribution in [-0.4, -0.2) is 34.9 Å². The van der Waals surface area contributed by atoms with Gasteiger partial charge < -0.3 is 10.6 Å². The van der Waals surface area contributed by atoms with Gasteiger partial charge in [-0.1, -0.05) is 60.7 Å². The SMILES string of the molecule is NC(=O)CCN(CCc1ccccc1)C(=S)NC(=O)/C=C/c1ccccc1. The van der Waals surface area contributed by atoms with Crippen molar-refractivity contribution in [3.63, 3.8) is 0 Å². The van der Waals surface area contributed by atoms with Crippen LogP contribution in [0.5, 0.6) is 0 Å². The van der Waals surface area contributed by atoms with Crippen LogP contribution in [0.15, 0.2) is 66.7 Å². The van der Waals surface area contributed by atoms with E-state index in [0.717, 1.165) is 17.5 Å². The van der Waals surface area contributed by atoms with Gasteiger partial charge in [0.1, 0.15) is 0 Å². The number of nitrogens with zero attached hydrogens (tertiary/aromatic N) is 1. The number of carbonyl (C=O) groups excluding carboxylic acids is 2. The fourth-order valence-corrected chi connectivity index (χ4v) is 2.71. The number of benzene rings is 2. The van der Waals surface area contributed by atoms with Crippen LogP contribution < -0.4 is 11.1 Å². The van der Waals surface area contributed by atoms with E-state index >= 15 is 0 Å². The predicted molar refractivity (Wildman–Crippen MR) is 112 cm³/mol. The monoisotopic (exact) mass is 381 g/mol. The van der Waals surface area contributed by atoms with Crippen molar-refractivity contribution in [2.45, 2.75) is 12.8 Å². The van der Waals surface area contributed by atoms with Crippen LogP contribution in [0.2, 0.25) is 0 Å². The first kappa shape index (κ1) is 20.3. The van der Waals surface area contributed by atoms with E-state index < -0.39 is 5.91 Å². The summed E-state index contributed by atoms with van der Waals surface area (Å²) in [4.78, 5) is 25.1. The highest BCUT2D eigenvalue weighted by Crippen LogP contribution is 2.04. The lowest BCUT2D eigenvalue weighted by molar-refractivity contribution is -0.118. The van der Waals surface area contributed by atoms with Crippen LogP contribution in [0, 0.1) is 0 Å². The maximum Gasteiger partial charge on any atom is 0.250 e. The van der Waals surface area contributed by atoms with Crippen molar-refractivity contribution in [3.8, 4) is 0 Å². The van der Waals surface area contributed by atoms with Gasteiger partial charge in [0.2, 0.25) is 11.8 Å². The van der Waals surface area contributed by atoms with E-state index in [2.05, 4.69) is 5.32 Å². The van der Waals surface area contributed by atoms with E-state index in [9.17, 15) is 9.59 Å². The molecule has 3 N–H and O–H groups in total. The molecule has 0 saturated heterocycles. The first-order valence-electron chi connectivity index (χ1n) is 8.70. The fraction of sp³-hybridized carbons (Fsp3) is 0.190. The molecule has 2 aromatic carbocycles. The minimum atomic E-state index is -0.405. The molecule has 0 saturated carbocycles. The molecule has 2 rings (SSSR count). The number of rotatable bonds is 8. The molecule has 6 heteroatoms. The summed E-state index contributed by atoms with van der Waals surface area (Å²) in [5, 5.41) is 2.98. The molecule has 0 fully saturated rings. The van der Waals surface area contributed by atoms with E-state index in [1.807, 2.05) is 60.7 Å². The number of carbonyl (C=O) groups is 2. The smallest absolute Gasteiger partial charge is 0.250 e. The summed E-state index contributed by atoms with van der Waals surface area (Å²) in [6, 6.07) is 19.5. The summed E-state index contributed by atoms with van der Waals surface area (Å²) < 4.78 is 0. The number of thiocarbonyl (C=S) groups is 1. The molecular weight excluding hydrogens is 358 g/mol. The molecule has 0 spiro atoms. The first-order valence-corrected chi connectivity index (χ1v) is 9.10. The summed E-state index contributed by atoms with van der Waals surface area (Å²) in [5.74, 6) is -0.717. The number of nitrogens with one attached hydrogen (secondary N) is 1. The third kappa shape index (κ3) is 7.83.